The number of ether oxygens (including phenoxy) is 2. The standard InChI is InChI=1S/C13H25NO3/c1-10(11(16-3)17-4)14-12(15)13(2)8-6-5-7-9-13/h10-11H,5-9H2,1-4H3,(H,14,15). The average molecular weight is 243 g/mol. The molecule has 1 atom stereocenters. The Morgan fingerprint density at radius 1 is 1.18 bits per heavy atom. The molecule has 4 nitrogen and oxygen atoms in total. The van der Waals surface area contributed by atoms with Crippen LogP contribution in [0.5, 0.6) is 0 Å². The number of rotatable bonds is 5. The first-order valence-corrected chi connectivity index (χ1v) is 6.40. The van der Waals surface area contributed by atoms with Crippen molar-refractivity contribution >= 4 is 5.91 Å². The number of carbonyl (C=O) groups excluding carboxylic acids is 1. The van der Waals surface area contributed by atoms with Crippen molar-refractivity contribution in [2.75, 3.05) is 14.2 Å². The largest absolute Gasteiger partial charge is 0.354 e. The van der Waals surface area contributed by atoms with Gasteiger partial charge in [0.05, 0.1) is 6.04 Å². The molecule has 17 heavy (non-hydrogen) atoms. The summed E-state index contributed by atoms with van der Waals surface area (Å²) < 4.78 is 10.3. The van der Waals surface area contributed by atoms with Crippen molar-refractivity contribution < 1.29 is 14.3 Å². The Balaban J connectivity index is 2.52. The molecule has 4 heteroatoms. The van der Waals surface area contributed by atoms with Crippen LogP contribution in [0.4, 0.5) is 0 Å². The molecule has 1 rings (SSSR count). The molecular weight excluding hydrogens is 218 g/mol. The van der Waals surface area contributed by atoms with Crippen molar-refractivity contribution in [1.29, 1.82) is 0 Å². The summed E-state index contributed by atoms with van der Waals surface area (Å²) in [6.07, 6.45) is 5.13. The highest BCUT2D eigenvalue weighted by molar-refractivity contribution is 5.82. The first-order valence-electron chi connectivity index (χ1n) is 6.40. The summed E-state index contributed by atoms with van der Waals surface area (Å²) in [5, 5.41) is 3.00. The zero-order chi connectivity index (χ0) is 12.9. The van der Waals surface area contributed by atoms with Gasteiger partial charge in [0.1, 0.15) is 0 Å². The molecule has 100 valence electrons. The van der Waals surface area contributed by atoms with Crippen LogP contribution < -0.4 is 5.32 Å². The van der Waals surface area contributed by atoms with Crippen LogP contribution in [0.15, 0.2) is 0 Å². The SMILES string of the molecule is COC(OC)C(C)NC(=O)C1(C)CCCCC1. The number of methoxy groups -OCH3 is 2. The van der Waals surface area contributed by atoms with E-state index in [4.69, 9.17) is 9.47 Å². The molecule has 1 unspecified atom stereocenters. The monoisotopic (exact) mass is 243 g/mol. The number of carbonyl (C=O) groups is 1. The smallest absolute Gasteiger partial charge is 0.226 e. The van der Waals surface area contributed by atoms with E-state index in [1.807, 2.05) is 6.92 Å². The molecule has 1 fully saturated rings. The van der Waals surface area contributed by atoms with Gasteiger partial charge < -0.3 is 14.8 Å². The van der Waals surface area contributed by atoms with Crippen LogP contribution in [-0.4, -0.2) is 32.5 Å². The molecule has 1 saturated carbocycles. The van der Waals surface area contributed by atoms with Crippen LogP contribution >= 0.6 is 0 Å². The Kier molecular flexibility index (Phi) is 5.40. The Morgan fingerprint density at radius 2 is 1.71 bits per heavy atom. The number of nitrogens with one attached hydrogen (secondary N) is 1. The van der Waals surface area contributed by atoms with Gasteiger partial charge in [-0.3, -0.25) is 4.79 Å². The van der Waals surface area contributed by atoms with E-state index in [1.54, 1.807) is 14.2 Å². The topological polar surface area (TPSA) is 47.6 Å². The molecule has 0 aromatic rings. The first-order chi connectivity index (χ1) is 8.03. The maximum absolute atomic E-state index is 12.2. The van der Waals surface area contributed by atoms with Gasteiger partial charge in [0, 0.05) is 19.6 Å². The van der Waals surface area contributed by atoms with Gasteiger partial charge in [0.25, 0.3) is 0 Å². The van der Waals surface area contributed by atoms with Crippen LogP contribution in [0.25, 0.3) is 0 Å². The third-order valence-electron chi connectivity index (χ3n) is 3.74. The molecule has 0 aromatic heterocycles. The maximum Gasteiger partial charge on any atom is 0.226 e. The van der Waals surface area contributed by atoms with E-state index < -0.39 is 0 Å². The Bertz CT molecular complexity index is 245. The molecular formula is C13H25NO3. The van der Waals surface area contributed by atoms with Crippen molar-refractivity contribution in [3.8, 4) is 0 Å². The molecule has 1 N–H and O–H groups in total. The highest BCUT2D eigenvalue weighted by atomic mass is 16.7. The third kappa shape index (κ3) is 3.68. The van der Waals surface area contributed by atoms with Crippen LogP contribution in [-0.2, 0) is 14.3 Å². The van der Waals surface area contributed by atoms with Gasteiger partial charge in [0.2, 0.25) is 5.91 Å². The molecule has 0 radical (unpaired) electrons. The molecule has 1 aliphatic carbocycles. The zero-order valence-corrected chi connectivity index (χ0v) is 11.4. The highest BCUT2D eigenvalue weighted by Gasteiger charge is 2.35. The van der Waals surface area contributed by atoms with E-state index in [0.29, 0.717) is 0 Å². The average Bonchev–Trinajstić information content (AvgIpc) is 2.31. The minimum absolute atomic E-state index is 0.128. The zero-order valence-electron chi connectivity index (χ0n) is 11.4. The van der Waals surface area contributed by atoms with E-state index in [-0.39, 0.29) is 23.7 Å². The lowest BCUT2D eigenvalue weighted by Crippen LogP contribution is -2.49. The number of amides is 1. The Labute approximate surface area is 104 Å². The fraction of sp³-hybridized carbons (Fsp3) is 0.923. The Hall–Kier alpha value is -0.610. The van der Waals surface area contributed by atoms with Gasteiger partial charge in [-0.25, -0.2) is 0 Å². The minimum atomic E-state index is -0.383. The molecule has 1 aliphatic rings. The van der Waals surface area contributed by atoms with E-state index >= 15 is 0 Å². The van der Waals surface area contributed by atoms with Gasteiger partial charge in [-0.1, -0.05) is 26.2 Å². The van der Waals surface area contributed by atoms with Crippen molar-refractivity contribution in [2.45, 2.75) is 58.3 Å². The molecule has 0 saturated heterocycles. The lowest BCUT2D eigenvalue weighted by Gasteiger charge is -2.34. The van der Waals surface area contributed by atoms with Crippen LogP contribution in [0.3, 0.4) is 0 Å². The second-order valence-electron chi connectivity index (χ2n) is 5.22. The second kappa shape index (κ2) is 6.36. The molecule has 0 aliphatic heterocycles. The van der Waals surface area contributed by atoms with Crippen molar-refractivity contribution in [3.63, 3.8) is 0 Å². The number of hydrogen-bond donors (Lipinski definition) is 1. The molecule has 0 spiro atoms. The van der Waals surface area contributed by atoms with Gasteiger partial charge in [-0.15, -0.1) is 0 Å². The van der Waals surface area contributed by atoms with Crippen molar-refractivity contribution in [2.24, 2.45) is 5.41 Å². The summed E-state index contributed by atoms with van der Waals surface area (Å²) in [7, 11) is 3.16. The summed E-state index contributed by atoms with van der Waals surface area (Å²) >= 11 is 0. The summed E-state index contributed by atoms with van der Waals surface area (Å²) in [6, 6.07) is -0.128. The normalized spacial score (nSPS) is 21.2. The van der Waals surface area contributed by atoms with Gasteiger partial charge in [-0.05, 0) is 19.8 Å². The second-order valence-corrected chi connectivity index (χ2v) is 5.22. The summed E-state index contributed by atoms with van der Waals surface area (Å²) in [6.45, 7) is 3.96. The van der Waals surface area contributed by atoms with E-state index in [1.165, 1.54) is 6.42 Å². The van der Waals surface area contributed by atoms with Crippen LogP contribution in [0.1, 0.15) is 46.0 Å². The van der Waals surface area contributed by atoms with Gasteiger partial charge in [-0.2, -0.15) is 0 Å². The van der Waals surface area contributed by atoms with Crippen LogP contribution in [0.2, 0.25) is 0 Å². The molecule has 0 heterocycles. The summed E-state index contributed by atoms with van der Waals surface area (Å²) in [4.78, 5) is 12.2. The molecule has 0 aromatic carbocycles. The summed E-state index contributed by atoms with van der Waals surface area (Å²) in [5.74, 6) is 0.129. The predicted molar refractivity (Wildman–Crippen MR) is 66.6 cm³/mol. The molecule has 0 bridgehead atoms. The number of hydrogen-bond acceptors (Lipinski definition) is 3. The van der Waals surface area contributed by atoms with Crippen molar-refractivity contribution in [3.05, 3.63) is 0 Å². The fourth-order valence-corrected chi connectivity index (χ4v) is 2.51. The Morgan fingerprint density at radius 3 is 2.18 bits per heavy atom. The highest BCUT2D eigenvalue weighted by Crippen LogP contribution is 2.35. The maximum atomic E-state index is 12.2. The minimum Gasteiger partial charge on any atom is -0.354 e. The fourth-order valence-electron chi connectivity index (χ4n) is 2.51. The quantitative estimate of drug-likeness (QED) is 0.752. The van der Waals surface area contributed by atoms with E-state index in [9.17, 15) is 4.79 Å². The predicted octanol–water partition coefficient (Wildman–Crippen LogP) is 2.08. The third-order valence-corrected chi connectivity index (χ3v) is 3.74. The summed E-state index contributed by atoms with van der Waals surface area (Å²) in [5.41, 5.74) is -0.210. The molecule has 1 amide bonds. The van der Waals surface area contributed by atoms with E-state index in [0.717, 1.165) is 25.7 Å². The van der Waals surface area contributed by atoms with Gasteiger partial charge in [0.15, 0.2) is 6.29 Å². The lowest BCUT2D eigenvalue weighted by molar-refractivity contribution is -0.143. The first kappa shape index (κ1) is 14.5. The van der Waals surface area contributed by atoms with Crippen molar-refractivity contribution in [1.82, 2.24) is 5.32 Å². The lowest BCUT2D eigenvalue weighted by atomic mass is 9.75. The van der Waals surface area contributed by atoms with Crippen LogP contribution in [0, 0.1) is 5.41 Å². The van der Waals surface area contributed by atoms with E-state index in [2.05, 4.69) is 12.2 Å². The van der Waals surface area contributed by atoms with Gasteiger partial charge >= 0.3 is 0 Å².